The van der Waals surface area contributed by atoms with Crippen molar-refractivity contribution in [1.29, 1.82) is 0 Å². The molecule has 2 aliphatic rings. The van der Waals surface area contributed by atoms with Gasteiger partial charge in [0.2, 0.25) is 0 Å². The third-order valence-electron chi connectivity index (χ3n) is 6.06. The number of anilines is 2. The molecule has 0 unspecified atom stereocenters. The number of hydrogen-bond donors (Lipinski definition) is 2. The molecule has 4 heterocycles. The minimum Gasteiger partial charge on any atom is -0.504 e. The predicted molar refractivity (Wildman–Crippen MR) is 115 cm³/mol. The third kappa shape index (κ3) is 3.28. The van der Waals surface area contributed by atoms with Crippen molar-refractivity contribution < 1.29 is 19.0 Å². The van der Waals surface area contributed by atoms with Crippen molar-refractivity contribution in [3.05, 3.63) is 47.5 Å². The molecule has 32 heavy (non-hydrogen) atoms. The molecule has 0 amide bonds. The fraction of sp³-hybridized carbons (Fsp3) is 0.318. The molecule has 2 aromatic heterocycles. The highest BCUT2D eigenvalue weighted by Gasteiger charge is 2.47. The molecule has 0 radical (unpaired) electrons. The molecule has 164 valence electrons. The molecule has 1 aromatic carbocycles. The first-order chi connectivity index (χ1) is 15.4. The van der Waals surface area contributed by atoms with Gasteiger partial charge in [-0.05, 0) is 32.0 Å². The summed E-state index contributed by atoms with van der Waals surface area (Å²) in [6.45, 7) is 5.06. The second kappa shape index (κ2) is 7.40. The van der Waals surface area contributed by atoms with Crippen molar-refractivity contribution in [2.45, 2.75) is 31.9 Å². The van der Waals surface area contributed by atoms with Gasteiger partial charge in [-0.15, -0.1) is 10.2 Å². The summed E-state index contributed by atoms with van der Waals surface area (Å²) in [6.07, 6.45) is 2.69. The lowest BCUT2D eigenvalue weighted by Gasteiger charge is -2.41. The molecule has 0 aliphatic carbocycles. The summed E-state index contributed by atoms with van der Waals surface area (Å²) in [7, 11) is 0. The molecule has 0 bridgehead atoms. The van der Waals surface area contributed by atoms with Gasteiger partial charge in [0.15, 0.2) is 23.7 Å². The first-order valence-electron chi connectivity index (χ1n) is 10.2. The van der Waals surface area contributed by atoms with Crippen LogP contribution in [-0.2, 0) is 0 Å². The van der Waals surface area contributed by atoms with Crippen LogP contribution in [0.2, 0.25) is 0 Å². The van der Waals surface area contributed by atoms with Crippen LogP contribution in [0.1, 0.15) is 29.4 Å². The van der Waals surface area contributed by atoms with E-state index < -0.39 is 11.6 Å². The Hall–Kier alpha value is -3.82. The molecule has 0 saturated carbocycles. The summed E-state index contributed by atoms with van der Waals surface area (Å²) in [6, 6.07) is 6.34. The van der Waals surface area contributed by atoms with Crippen LogP contribution in [0, 0.1) is 12.7 Å². The SMILES string of the molecule is Cc1nc(O[C@H]2CN3c4cc(-c5cccc(F)c5O)nnc4NC[C@@]3(C)C2)ncc1C=O. The van der Waals surface area contributed by atoms with Gasteiger partial charge in [-0.3, -0.25) is 4.79 Å². The van der Waals surface area contributed by atoms with E-state index >= 15 is 0 Å². The van der Waals surface area contributed by atoms with Gasteiger partial charge in [0, 0.05) is 24.7 Å². The minimum absolute atomic E-state index is 0.187. The summed E-state index contributed by atoms with van der Waals surface area (Å²) < 4.78 is 19.9. The molecule has 2 N–H and O–H groups in total. The molecule has 3 aromatic rings. The normalized spacial score (nSPS) is 21.5. The van der Waals surface area contributed by atoms with Crippen molar-refractivity contribution in [2.24, 2.45) is 0 Å². The number of aldehydes is 1. The Labute approximate surface area is 183 Å². The van der Waals surface area contributed by atoms with Crippen LogP contribution in [0.15, 0.2) is 30.5 Å². The molecule has 9 nitrogen and oxygen atoms in total. The van der Waals surface area contributed by atoms with Crippen LogP contribution in [0.4, 0.5) is 15.9 Å². The number of fused-ring (bicyclic) bond motifs is 3. The highest BCUT2D eigenvalue weighted by Crippen LogP contribution is 2.43. The summed E-state index contributed by atoms with van der Waals surface area (Å²) >= 11 is 0. The number of benzene rings is 1. The number of hydrogen-bond acceptors (Lipinski definition) is 9. The van der Waals surface area contributed by atoms with Crippen molar-refractivity contribution >= 4 is 17.8 Å². The van der Waals surface area contributed by atoms with E-state index in [1.54, 1.807) is 19.1 Å². The summed E-state index contributed by atoms with van der Waals surface area (Å²) in [4.78, 5) is 21.6. The Bertz CT molecular complexity index is 1220. The summed E-state index contributed by atoms with van der Waals surface area (Å²) in [5.74, 6) is -0.553. The van der Waals surface area contributed by atoms with E-state index in [0.717, 1.165) is 5.69 Å². The number of aryl methyl sites for hydroxylation is 1. The summed E-state index contributed by atoms with van der Waals surface area (Å²) in [5.41, 5.74) is 2.18. The Kier molecular flexibility index (Phi) is 4.65. The Morgan fingerprint density at radius 1 is 1.38 bits per heavy atom. The first kappa shape index (κ1) is 20.1. The number of halogens is 1. The molecule has 2 atom stereocenters. The number of nitrogens with one attached hydrogen (secondary N) is 1. The molecule has 0 spiro atoms. The molecule has 1 fully saturated rings. The monoisotopic (exact) mass is 436 g/mol. The fourth-order valence-corrected chi connectivity index (χ4v) is 4.34. The predicted octanol–water partition coefficient (Wildman–Crippen LogP) is 2.74. The van der Waals surface area contributed by atoms with Crippen LogP contribution in [0.3, 0.4) is 0 Å². The second-order valence-corrected chi connectivity index (χ2v) is 8.32. The van der Waals surface area contributed by atoms with E-state index in [4.69, 9.17) is 4.74 Å². The Morgan fingerprint density at radius 3 is 3.00 bits per heavy atom. The number of phenolic OH excluding ortho intramolecular Hbond substituents is 1. The van der Waals surface area contributed by atoms with Gasteiger partial charge in [-0.1, -0.05) is 6.07 Å². The zero-order valence-electron chi connectivity index (χ0n) is 17.5. The second-order valence-electron chi connectivity index (χ2n) is 8.32. The number of phenols is 1. The first-order valence-corrected chi connectivity index (χ1v) is 10.2. The van der Waals surface area contributed by atoms with Gasteiger partial charge in [0.25, 0.3) is 0 Å². The van der Waals surface area contributed by atoms with Gasteiger partial charge in [0.1, 0.15) is 6.10 Å². The number of rotatable bonds is 4. The van der Waals surface area contributed by atoms with Crippen molar-refractivity contribution in [3.63, 3.8) is 0 Å². The van der Waals surface area contributed by atoms with Crippen molar-refractivity contribution in [2.75, 3.05) is 23.3 Å². The molecule has 1 saturated heterocycles. The number of aromatic nitrogens is 4. The molecule has 2 aliphatic heterocycles. The zero-order valence-corrected chi connectivity index (χ0v) is 17.5. The van der Waals surface area contributed by atoms with Crippen LogP contribution < -0.4 is 15.0 Å². The maximum atomic E-state index is 13.8. The fourth-order valence-electron chi connectivity index (χ4n) is 4.34. The van der Waals surface area contributed by atoms with E-state index in [-0.39, 0.29) is 23.2 Å². The maximum absolute atomic E-state index is 13.8. The zero-order chi connectivity index (χ0) is 22.5. The van der Waals surface area contributed by atoms with Gasteiger partial charge in [-0.2, -0.15) is 4.98 Å². The molecule has 10 heteroatoms. The van der Waals surface area contributed by atoms with Gasteiger partial charge in [0.05, 0.1) is 34.7 Å². The average molecular weight is 436 g/mol. The quantitative estimate of drug-likeness (QED) is 0.596. The van der Waals surface area contributed by atoms with Gasteiger partial charge in [-0.25, -0.2) is 9.37 Å². The average Bonchev–Trinajstić information content (AvgIpc) is 3.12. The van der Waals surface area contributed by atoms with Crippen LogP contribution in [0.25, 0.3) is 11.3 Å². The lowest BCUT2D eigenvalue weighted by molar-refractivity contribution is 0.112. The van der Waals surface area contributed by atoms with E-state index in [0.29, 0.717) is 48.6 Å². The minimum atomic E-state index is -0.712. The Morgan fingerprint density at radius 2 is 2.22 bits per heavy atom. The number of carbonyl (C=O) groups is 1. The molecular weight excluding hydrogens is 415 g/mol. The largest absolute Gasteiger partial charge is 0.504 e. The van der Waals surface area contributed by atoms with E-state index in [2.05, 4.69) is 37.3 Å². The topological polar surface area (TPSA) is 113 Å². The standard InChI is InChI=1S/C22H21FN6O3/c1-12-13(10-30)8-24-21(26-12)32-14-7-22(2)11-25-20-18(29(22)9-14)6-17(27-28-20)15-4-3-5-16(23)19(15)31/h3-6,8,10,14,31H,7,9,11H2,1-2H3,(H,25,28)/t14-,22-/m1/s1. The third-order valence-corrected chi connectivity index (χ3v) is 6.06. The van der Waals surface area contributed by atoms with E-state index in [1.165, 1.54) is 18.3 Å². The molecular formula is C22H21FN6O3. The number of ether oxygens (including phenoxy) is 1. The van der Waals surface area contributed by atoms with Crippen molar-refractivity contribution in [3.8, 4) is 23.0 Å². The van der Waals surface area contributed by atoms with E-state index in [9.17, 15) is 14.3 Å². The van der Waals surface area contributed by atoms with E-state index in [1.807, 2.05) is 0 Å². The smallest absolute Gasteiger partial charge is 0.316 e. The van der Waals surface area contributed by atoms with Crippen LogP contribution in [-0.4, -0.2) is 56.3 Å². The van der Waals surface area contributed by atoms with Crippen molar-refractivity contribution in [1.82, 2.24) is 20.2 Å². The number of para-hydroxylation sites is 1. The molecule has 5 rings (SSSR count). The van der Waals surface area contributed by atoms with Crippen LogP contribution >= 0.6 is 0 Å². The lowest BCUT2D eigenvalue weighted by Crippen LogP contribution is -2.50. The van der Waals surface area contributed by atoms with Gasteiger partial charge >= 0.3 is 6.01 Å². The summed E-state index contributed by atoms with van der Waals surface area (Å²) in [5, 5.41) is 21.9. The highest BCUT2D eigenvalue weighted by molar-refractivity contribution is 5.77. The van der Waals surface area contributed by atoms with Crippen LogP contribution in [0.5, 0.6) is 11.8 Å². The Balaban J connectivity index is 1.44. The highest BCUT2D eigenvalue weighted by atomic mass is 19.1. The lowest BCUT2D eigenvalue weighted by atomic mass is 9.95. The van der Waals surface area contributed by atoms with Gasteiger partial charge < -0.3 is 20.1 Å². The number of carbonyl (C=O) groups excluding carboxylic acids is 1. The maximum Gasteiger partial charge on any atom is 0.316 e. The number of aromatic hydroxyl groups is 1. The number of nitrogens with zero attached hydrogens (tertiary/aromatic N) is 5.